The van der Waals surface area contributed by atoms with Gasteiger partial charge in [0.1, 0.15) is 11.6 Å². The van der Waals surface area contributed by atoms with Gasteiger partial charge >= 0.3 is 5.97 Å². The number of benzene rings is 1. The van der Waals surface area contributed by atoms with Gasteiger partial charge in [-0.05, 0) is 36.8 Å². The normalized spacial score (nSPS) is 10.8. The van der Waals surface area contributed by atoms with E-state index >= 15 is 0 Å². The van der Waals surface area contributed by atoms with Crippen molar-refractivity contribution in [2.75, 3.05) is 0 Å². The minimum absolute atomic E-state index is 0.229. The van der Waals surface area contributed by atoms with Crippen molar-refractivity contribution in [1.29, 1.82) is 0 Å². The number of carbonyl (C=O) groups is 1. The van der Waals surface area contributed by atoms with E-state index in [-0.39, 0.29) is 11.4 Å². The van der Waals surface area contributed by atoms with Gasteiger partial charge < -0.3 is 15.0 Å². The number of nitrogens with zero attached hydrogens (tertiary/aromatic N) is 3. The van der Waals surface area contributed by atoms with Gasteiger partial charge in [-0.3, -0.25) is 4.98 Å². The molecule has 0 atom stereocenters. The second-order valence-electron chi connectivity index (χ2n) is 6.00. The molecule has 0 aliphatic rings. The molecule has 7 heteroatoms. The van der Waals surface area contributed by atoms with Crippen LogP contribution >= 0.6 is 0 Å². The number of aromatic carboxylic acids is 1. The van der Waals surface area contributed by atoms with Crippen LogP contribution in [-0.2, 0) is 19.6 Å². The van der Waals surface area contributed by atoms with E-state index in [0.717, 1.165) is 11.4 Å². The lowest BCUT2D eigenvalue weighted by Crippen LogP contribution is -2.18. The number of rotatable bonds is 7. The molecule has 2 aromatic heterocycles. The number of imidazole rings is 1. The molecule has 0 unspecified atom stereocenters. The summed E-state index contributed by atoms with van der Waals surface area (Å²) < 4.78 is 15.0. The van der Waals surface area contributed by atoms with Crippen molar-refractivity contribution < 1.29 is 14.3 Å². The van der Waals surface area contributed by atoms with Crippen molar-refractivity contribution >= 4 is 5.97 Å². The Balaban J connectivity index is 1.62. The first kappa shape index (κ1) is 17.8. The number of nitrogens with one attached hydrogen (secondary N) is 1. The zero-order valence-electron chi connectivity index (χ0n) is 14.3. The zero-order chi connectivity index (χ0) is 18.5. The van der Waals surface area contributed by atoms with Crippen LogP contribution in [-0.4, -0.2) is 25.6 Å². The molecular weight excluding hydrogens is 335 g/mol. The second kappa shape index (κ2) is 7.88. The zero-order valence-corrected chi connectivity index (χ0v) is 14.3. The summed E-state index contributed by atoms with van der Waals surface area (Å²) in [6.45, 7) is 3.31. The maximum absolute atomic E-state index is 13.0. The number of carboxylic acid groups (broad SMARTS) is 1. The molecule has 6 nitrogen and oxygen atoms in total. The van der Waals surface area contributed by atoms with Crippen LogP contribution in [0.4, 0.5) is 4.39 Å². The van der Waals surface area contributed by atoms with Crippen molar-refractivity contribution in [3.8, 4) is 0 Å². The highest BCUT2D eigenvalue weighted by Crippen LogP contribution is 2.09. The van der Waals surface area contributed by atoms with E-state index in [2.05, 4.69) is 15.3 Å². The first-order valence-electron chi connectivity index (χ1n) is 8.17. The van der Waals surface area contributed by atoms with Crippen LogP contribution in [0.15, 0.2) is 48.8 Å². The topological polar surface area (TPSA) is 80.0 Å². The van der Waals surface area contributed by atoms with Crippen molar-refractivity contribution in [3.05, 3.63) is 82.9 Å². The molecule has 0 radical (unpaired) electrons. The van der Waals surface area contributed by atoms with Crippen LogP contribution in [0.1, 0.15) is 33.1 Å². The highest BCUT2D eigenvalue weighted by atomic mass is 19.1. The highest BCUT2D eigenvalue weighted by molar-refractivity contribution is 5.87. The molecule has 26 heavy (non-hydrogen) atoms. The molecule has 0 saturated carbocycles. The van der Waals surface area contributed by atoms with Gasteiger partial charge in [0.2, 0.25) is 0 Å². The Kier molecular flexibility index (Phi) is 5.38. The Morgan fingerprint density at radius 1 is 1.23 bits per heavy atom. The van der Waals surface area contributed by atoms with E-state index in [1.54, 1.807) is 37.4 Å². The molecule has 0 aliphatic carbocycles. The number of hydrogen-bond donors (Lipinski definition) is 2. The molecule has 0 fully saturated rings. The van der Waals surface area contributed by atoms with Gasteiger partial charge in [0.25, 0.3) is 0 Å². The highest BCUT2D eigenvalue weighted by Gasteiger charge is 2.08. The Bertz CT molecular complexity index is 906. The number of hydrogen-bond acceptors (Lipinski definition) is 4. The molecule has 3 aromatic rings. The van der Waals surface area contributed by atoms with E-state index in [4.69, 9.17) is 5.11 Å². The fourth-order valence-electron chi connectivity index (χ4n) is 2.69. The van der Waals surface area contributed by atoms with Crippen LogP contribution in [0.5, 0.6) is 0 Å². The first-order chi connectivity index (χ1) is 12.5. The summed E-state index contributed by atoms with van der Waals surface area (Å²) >= 11 is 0. The number of halogens is 1. The molecule has 0 saturated heterocycles. The predicted octanol–water partition coefficient (Wildman–Crippen LogP) is 2.76. The lowest BCUT2D eigenvalue weighted by molar-refractivity contribution is 0.0696. The van der Waals surface area contributed by atoms with Crippen LogP contribution < -0.4 is 5.32 Å². The Labute approximate surface area is 150 Å². The average Bonchev–Trinajstić information content (AvgIpc) is 3.03. The monoisotopic (exact) mass is 354 g/mol. The van der Waals surface area contributed by atoms with Crippen LogP contribution in [0, 0.1) is 12.7 Å². The summed E-state index contributed by atoms with van der Waals surface area (Å²) in [5.74, 6) is -0.389. The quantitative estimate of drug-likeness (QED) is 0.682. The fourth-order valence-corrected chi connectivity index (χ4v) is 2.69. The van der Waals surface area contributed by atoms with E-state index in [1.807, 2.05) is 10.8 Å². The van der Waals surface area contributed by atoms with Crippen LogP contribution in [0.3, 0.4) is 0 Å². The third-order valence-corrected chi connectivity index (χ3v) is 3.91. The van der Waals surface area contributed by atoms with E-state index in [9.17, 15) is 9.18 Å². The molecule has 0 aliphatic heterocycles. The summed E-state index contributed by atoms with van der Waals surface area (Å²) in [5, 5.41) is 12.4. The summed E-state index contributed by atoms with van der Waals surface area (Å²) in [4.78, 5) is 19.8. The minimum Gasteiger partial charge on any atom is -0.478 e. The molecule has 0 amide bonds. The number of aryl methyl sites for hydroxylation is 1. The van der Waals surface area contributed by atoms with Crippen molar-refractivity contribution in [3.63, 3.8) is 0 Å². The van der Waals surface area contributed by atoms with Gasteiger partial charge in [-0.1, -0.05) is 12.1 Å². The average molecular weight is 354 g/mol. The Morgan fingerprint density at radius 3 is 2.73 bits per heavy atom. The fraction of sp³-hybridized carbons (Fsp3) is 0.211. The smallest absolute Gasteiger partial charge is 0.335 e. The lowest BCUT2D eigenvalue weighted by Gasteiger charge is -2.10. The molecule has 134 valence electrons. The van der Waals surface area contributed by atoms with E-state index in [0.29, 0.717) is 31.0 Å². The molecule has 0 bridgehead atoms. The van der Waals surface area contributed by atoms with Crippen molar-refractivity contribution in [1.82, 2.24) is 19.9 Å². The van der Waals surface area contributed by atoms with E-state index in [1.165, 1.54) is 12.1 Å². The number of aromatic nitrogens is 3. The standard InChI is InChI=1S/C19H19FN4O2/c1-13-8-15(19(25)26)9-17(23-13)10-21-11-18-22-6-7-24(18)12-14-2-4-16(20)5-3-14/h2-9,21H,10-12H2,1H3,(H,25,26). The lowest BCUT2D eigenvalue weighted by atomic mass is 10.2. The maximum atomic E-state index is 13.0. The second-order valence-corrected chi connectivity index (χ2v) is 6.00. The minimum atomic E-state index is -0.966. The van der Waals surface area contributed by atoms with Crippen LogP contribution in [0.25, 0.3) is 0 Å². The van der Waals surface area contributed by atoms with Gasteiger partial charge in [-0.15, -0.1) is 0 Å². The Morgan fingerprint density at radius 2 is 2.00 bits per heavy atom. The summed E-state index contributed by atoms with van der Waals surface area (Å²) in [5.41, 5.74) is 2.54. The van der Waals surface area contributed by atoms with E-state index < -0.39 is 5.97 Å². The van der Waals surface area contributed by atoms with Gasteiger partial charge in [-0.2, -0.15) is 0 Å². The molecular formula is C19H19FN4O2. The summed E-state index contributed by atoms with van der Waals surface area (Å²) in [7, 11) is 0. The number of pyridine rings is 1. The summed E-state index contributed by atoms with van der Waals surface area (Å²) in [6, 6.07) is 9.48. The maximum Gasteiger partial charge on any atom is 0.335 e. The molecule has 3 rings (SSSR count). The van der Waals surface area contributed by atoms with Gasteiger partial charge in [-0.25, -0.2) is 14.2 Å². The Hall–Kier alpha value is -3.06. The SMILES string of the molecule is Cc1cc(C(=O)O)cc(CNCc2nccn2Cc2ccc(F)cc2)n1. The number of carboxylic acids is 1. The molecule has 0 spiro atoms. The van der Waals surface area contributed by atoms with Crippen LogP contribution in [0.2, 0.25) is 0 Å². The summed E-state index contributed by atoms with van der Waals surface area (Å²) in [6.07, 6.45) is 3.59. The molecule has 2 N–H and O–H groups in total. The first-order valence-corrected chi connectivity index (χ1v) is 8.17. The largest absolute Gasteiger partial charge is 0.478 e. The third kappa shape index (κ3) is 4.52. The third-order valence-electron chi connectivity index (χ3n) is 3.91. The van der Waals surface area contributed by atoms with Crippen molar-refractivity contribution in [2.24, 2.45) is 0 Å². The van der Waals surface area contributed by atoms with Gasteiger partial charge in [0, 0.05) is 31.2 Å². The molecule has 1 aromatic carbocycles. The van der Waals surface area contributed by atoms with Crippen molar-refractivity contribution in [2.45, 2.75) is 26.6 Å². The predicted molar refractivity (Wildman–Crippen MR) is 94.2 cm³/mol. The molecule has 2 heterocycles. The van der Waals surface area contributed by atoms with Gasteiger partial charge in [0.05, 0.1) is 17.8 Å². The van der Waals surface area contributed by atoms with Gasteiger partial charge in [0.15, 0.2) is 0 Å².